The highest BCUT2D eigenvalue weighted by Crippen LogP contribution is 2.27. The van der Waals surface area contributed by atoms with E-state index < -0.39 is 0 Å². The second-order valence-corrected chi connectivity index (χ2v) is 7.34. The van der Waals surface area contributed by atoms with Crippen LogP contribution in [0.25, 0.3) is 11.3 Å². The predicted octanol–water partition coefficient (Wildman–Crippen LogP) is 4.03. The summed E-state index contributed by atoms with van der Waals surface area (Å²) in [6.45, 7) is 6.15. The van der Waals surface area contributed by atoms with Gasteiger partial charge in [0.15, 0.2) is 5.76 Å². The standard InChI is InChI=1S/C15H16ClN5OS/c1-15(2,3)21-14(18-19-20-21)23-9-13-17-8-12(22-13)10-5-4-6-11(16)7-10/h4-8H,9H2,1-3H3. The summed E-state index contributed by atoms with van der Waals surface area (Å²) < 4.78 is 7.57. The molecular weight excluding hydrogens is 334 g/mol. The fourth-order valence-corrected chi connectivity index (χ4v) is 3.07. The van der Waals surface area contributed by atoms with Crippen molar-refractivity contribution in [3.63, 3.8) is 0 Å². The number of rotatable bonds is 4. The minimum absolute atomic E-state index is 0.172. The maximum Gasteiger partial charge on any atom is 0.210 e. The van der Waals surface area contributed by atoms with Crippen LogP contribution in [-0.2, 0) is 11.3 Å². The first kappa shape index (κ1) is 16.0. The quantitative estimate of drug-likeness (QED) is 0.662. The minimum atomic E-state index is -0.172. The SMILES string of the molecule is CC(C)(C)n1nnnc1SCc1ncc(-c2cccc(Cl)c2)o1. The lowest BCUT2D eigenvalue weighted by molar-refractivity contribution is 0.321. The molecule has 0 aliphatic heterocycles. The molecule has 0 radical (unpaired) electrons. The Bertz CT molecular complexity index is 808. The third-order valence-corrected chi connectivity index (χ3v) is 4.20. The first-order chi connectivity index (χ1) is 10.9. The second-order valence-electron chi connectivity index (χ2n) is 5.96. The van der Waals surface area contributed by atoms with Gasteiger partial charge >= 0.3 is 0 Å². The molecule has 120 valence electrons. The first-order valence-electron chi connectivity index (χ1n) is 7.06. The van der Waals surface area contributed by atoms with Gasteiger partial charge in [-0.1, -0.05) is 35.5 Å². The number of halogens is 1. The maximum atomic E-state index is 6.00. The summed E-state index contributed by atoms with van der Waals surface area (Å²) in [5.74, 6) is 1.86. The summed E-state index contributed by atoms with van der Waals surface area (Å²) in [6, 6.07) is 7.49. The molecule has 0 unspecified atom stereocenters. The van der Waals surface area contributed by atoms with Crippen LogP contribution in [0.15, 0.2) is 40.0 Å². The van der Waals surface area contributed by atoms with E-state index in [4.69, 9.17) is 16.0 Å². The molecule has 0 fully saturated rings. The van der Waals surface area contributed by atoms with Crippen LogP contribution in [0.1, 0.15) is 26.7 Å². The zero-order valence-electron chi connectivity index (χ0n) is 13.0. The Balaban J connectivity index is 1.72. The van der Waals surface area contributed by atoms with Crippen molar-refractivity contribution in [3.8, 4) is 11.3 Å². The number of oxazole rings is 1. The van der Waals surface area contributed by atoms with E-state index in [1.54, 1.807) is 10.9 Å². The molecule has 2 heterocycles. The average molecular weight is 350 g/mol. The van der Waals surface area contributed by atoms with E-state index in [0.717, 1.165) is 10.7 Å². The van der Waals surface area contributed by atoms with Gasteiger partial charge < -0.3 is 4.42 Å². The lowest BCUT2D eigenvalue weighted by Crippen LogP contribution is -2.24. The molecule has 0 amide bonds. The Kier molecular flexibility index (Phi) is 4.41. The molecule has 3 aromatic rings. The molecule has 23 heavy (non-hydrogen) atoms. The van der Waals surface area contributed by atoms with Crippen LogP contribution in [-0.4, -0.2) is 25.2 Å². The van der Waals surface area contributed by atoms with E-state index in [9.17, 15) is 0 Å². The van der Waals surface area contributed by atoms with Crippen molar-refractivity contribution < 1.29 is 4.42 Å². The van der Waals surface area contributed by atoms with Gasteiger partial charge in [0.25, 0.3) is 0 Å². The molecule has 8 heteroatoms. The molecule has 0 saturated carbocycles. The molecule has 0 atom stereocenters. The van der Waals surface area contributed by atoms with Crippen molar-refractivity contribution >= 4 is 23.4 Å². The van der Waals surface area contributed by atoms with Crippen LogP contribution >= 0.6 is 23.4 Å². The number of hydrogen-bond donors (Lipinski definition) is 0. The molecular formula is C15H16ClN5OS. The number of nitrogens with zero attached hydrogens (tertiary/aromatic N) is 5. The Morgan fingerprint density at radius 3 is 2.87 bits per heavy atom. The fraction of sp³-hybridized carbons (Fsp3) is 0.333. The number of hydrogen-bond acceptors (Lipinski definition) is 6. The van der Waals surface area contributed by atoms with Crippen LogP contribution in [0.4, 0.5) is 0 Å². The van der Waals surface area contributed by atoms with Crippen molar-refractivity contribution in [3.05, 3.63) is 41.4 Å². The third-order valence-electron chi connectivity index (χ3n) is 3.06. The van der Waals surface area contributed by atoms with Gasteiger partial charge in [-0.3, -0.25) is 0 Å². The van der Waals surface area contributed by atoms with Gasteiger partial charge in [-0.15, -0.1) is 5.10 Å². The largest absolute Gasteiger partial charge is 0.440 e. The molecule has 0 N–H and O–H groups in total. The summed E-state index contributed by atoms with van der Waals surface area (Å²) in [7, 11) is 0. The van der Waals surface area contributed by atoms with Gasteiger partial charge in [0.2, 0.25) is 11.0 Å². The van der Waals surface area contributed by atoms with Gasteiger partial charge in [-0.05, 0) is 43.3 Å². The van der Waals surface area contributed by atoms with E-state index in [0.29, 0.717) is 22.4 Å². The Morgan fingerprint density at radius 1 is 1.30 bits per heavy atom. The zero-order valence-corrected chi connectivity index (χ0v) is 14.6. The highest BCUT2D eigenvalue weighted by atomic mass is 35.5. The van der Waals surface area contributed by atoms with Gasteiger partial charge in [0.1, 0.15) is 0 Å². The van der Waals surface area contributed by atoms with Crippen LogP contribution < -0.4 is 0 Å². The smallest absolute Gasteiger partial charge is 0.210 e. The Labute approximate surface area is 143 Å². The van der Waals surface area contributed by atoms with Gasteiger partial charge in [-0.2, -0.15) is 0 Å². The highest BCUT2D eigenvalue weighted by Gasteiger charge is 2.20. The van der Waals surface area contributed by atoms with Crippen molar-refractivity contribution in [2.75, 3.05) is 0 Å². The van der Waals surface area contributed by atoms with Crippen molar-refractivity contribution in [1.29, 1.82) is 0 Å². The summed E-state index contributed by atoms with van der Waals surface area (Å²) in [6.07, 6.45) is 1.70. The van der Waals surface area contributed by atoms with Gasteiger partial charge in [0.05, 0.1) is 17.5 Å². The summed E-state index contributed by atoms with van der Waals surface area (Å²) in [5.41, 5.74) is 0.731. The third kappa shape index (κ3) is 3.73. The van der Waals surface area contributed by atoms with E-state index in [1.165, 1.54) is 11.8 Å². The topological polar surface area (TPSA) is 69.6 Å². The highest BCUT2D eigenvalue weighted by molar-refractivity contribution is 7.98. The van der Waals surface area contributed by atoms with Gasteiger partial charge in [0, 0.05) is 10.6 Å². The van der Waals surface area contributed by atoms with E-state index >= 15 is 0 Å². The molecule has 0 aliphatic carbocycles. The molecule has 0 spiro atoms. The molecule has 0 saturated heterocycles. The molecule has 0 bridgehead atoms. The average Bonchev–Trinajstić information content (AvgIpc) is 3.14. The van der Waals surface area contributed by atoms with Crippen molar-refractivity contribution in [2.24, 2.45) is 0 Å². The zero-order chi connectivity index (χ0) is 16.4. The molecule has 0 aliphatic rings. The van der Waals surface area contributed by atoms with Crippen LogP contribution in [0.3, 0.4) is 0 Å². The number of benzene rings is 1. The summed E-state index contributed by atoms with van der Waals surface area (Å²) >= 11 is 7.49. The Hall–Kier alpha value is -1.86. The predicted molar refractivity (Wildman–Crippen MR) is 89.3 cm³/mol. The first-order valence-corrected chi connectivity index (χ1v) is 8.42. The van der Waals surface area contributed by atoms with E-state index in [-0.39, 0.29) is 5.54 Å². The van der Waals surface area contributed by atoms with Gasteiger partial charge in [-0.25, -0.2) is 9.67 Å². The fourth-order valence-electron chi connectivity index (χ4n) is 1.97. The van der Waals surface area contributed by atoms with Crippen LogP contribution in [0.5, 0.6) is 0 Å². The monoisotopic (exact) mass is 349 g/mol. The van der Waals surface area contributed by atoms with Crippen molar-refractivity contribution in [1.82, 2.24) is 25.2 Å². The summed E-state index contributed by atoms with van der Waals surface area (Å²) in [4.78, 5) is 4.31. The number of thioether (sulfide) groups is 1. The maximum absolute atomic E-state index is 6.00. The van der Waals surface area contributed by atoms with E-state index in [1.807, 2.05) is 24.3 Å². The Morgan fingerprint density at radius 2 is 2.13 bits per heavy atom. The molecule has 3 rings (SSSR count). The van der Waals surface area contributed by atoms with Crippen molar-refractivity contribution in [2.45, 2.75) is 37.2 Å². The molecule has 1 aromatic carbocycles. The normalized spacial score (nSPS) is 11.8. The second kappa shape index (κ2) is 6.33. The number of aromatic nitrogens is 5. The summed E-state index contributed by atoms with van der Waals surface area (Å²) in [5, 5.41) is 13.2. The molecule has 6 nitrogen and oxygen atoms in total. The van der Waals surface area contributed by atoms with E-state index in [2.05, 4.69) is 41.3 Å². The van der Waals surface area contributed by atoms with Crippen LogP contribution in [0, 0.1) is 0 Å². The number of tetrazole rings is 1. The lowest BCUT2D eigenvalue weighted by atomic mass is 10.1. The lowest BCUT2D eigenvalue weighted by Gasteiger charge is -2.19. The van der Waals surface area contributed by atoms with Crippen LogP contribution in [0.2, 0.25) is 5.02 Å². The molecule has 2 aromatic heterocycles. The minimum Gasteiger partial charge on any atom is -0.440 e.